The Morgan fingerprint density at radius 3 is 1.81 bits per heavy atom. The Kier molecular flexibility index (Phi) is 2.87. The average molecular weight is 344 g/mol. The molecule has 6 aromatic rings. The summed E-state index contributed by atoms with van der Waals surface area (Å²) in [6.07, 6.45) is 1.46. The molecule has 0 heterocycles. The van der Waals surface area contributed by atoms with Gasteiger partial charge in [-0.15, -0.1) is 0 Å². The van der Waals surface area contributed by atoms with E-state index >= 15 is 0 Å². The van der Waals surface area contributed by atoms with E-state index in [9.17, 15) is 4.79 Å². The second kappa shape index (κ2) is 5.28. The average Bonchev–Trinajstić information content (AvgIpc) is 2.73. The zero-order valence-corrected chi connectivity index (χ0v) is 14.7. The third kappa shape index (κ3) is 1.81. The van der Waals surface area contributed by atoms with E-state index in [1.807, 2.05) is 0 Å². The van der Waals surface area contributed by atoms with Gasteiger partial charge in [0.1, 0.15) is 6.29 Å². The van der Waals surface area contributed by atoms with Gasteiger partial charge in [0.15, 0.2) is 0 Å². The zero-order chi connectivity index (χ0) is 18.0. The highest BCUT2D eigenvalue weighted by molar-refractivity contribution is 6.38. The Labute approximate surface area is 156 Å². The van der Waals surface area contributed by atoms with Crippen LogP contribution in [0.3, 0.4) is 0 Å². The molecule has 1 nitrogen and oxygen atoms in total. The van der Waals surface area contributed by atoms with Crippen molar-refractivity contribution in [2.75, 3.05) is 0 Å². The van der Waals surface area contributed by atoms with Crippen molar-refractivity contribution in [2.45, 2.75) is 6.42 Å². The minimum atomic E-state index is 0.437. The molecular weight excluding hydrogens is 328 g/mol. The molecule has 1 heteroatoms. The smallest absolute Gasteiger partial charge is 0.124 e. The summed E-state index contributed by atoms with van der Waals surface area (Å²) in [7, 11) is 0. The van der Waals surface area contributed by atoms with E-state index in [1.165, 1.54) is 53.9 Å². The molecule has 6 aromatic carbocycles. The Bertz CT molecular complexity index is 1500. The van der Waals surface area contributed by atoms with Crippen LogP contribution < -0.4 is 0 Å². The SMILES string of the molecule is O=CCc1c2ccccc2c2c3cccc4cccc(c5cccc1c52)c43. The maximum absolute atomic E-state index is 11.5. The summed E-state index contributed by atoms with van der Waals surface area (Å²) < 4.78 is 0. The molecule has 0 aliphatic rings. The van der Waals surface area contributed by atoms with Gasteiger partial charge in [0.25, 0.3) is 0 Å². The van der Waals surface area contributed by atoms with Crippen molar-refractivity contribution in [1.29, 1.82) is 0 Å². The lowest BCUT2D eigenvalue weighted by molar-refractivity contribution is -0.107. The molecule has 0 radical (unpaired) electrons. The number of hydrogen-bond acceptors (Lipinski definition) is 1. The van der Waals surface area contributed by atoms with Gasteiger partial charge in [-0.3, -0.25) is 0 Å². The summed E-state index contributed by atoms with van der Waals surface area (Å²) in [6, 6.07) is 28.1. The summed E-state index contributed by atoms with van der Waals surface area (Å²) in [5.41, 5.74) is 1.13. The molecule has 0 fully saturated rings. The zero-order valence-electron chi connectivity index (χ0n) is 14.7. The van der Waals surface area contributed by atoms with Gasteiger partial charge in [-0.25, -0.2) is 0 Å². The first-order chi connectivity index (χ1) is 13.4. The van der Waals surface area contributed by atoms with E-state index in [0.717, 1.165) is 11.8 Å². The van der Waals surface area contributed by atoms with Crippen LogP contribution >= 0.6 is 0 Å². The fourth-order valence-electron chi connectivity index (χ4n) is 4.90. The summed E-state index contributed by atoms with van der Waals surface area (Å²) in [5, 5.41) is 12.6. The standard InChI is InChI=1S/C26H16O/c27-15-14-18-17-8-1-2-9-19(17)26-23-13-4-7-16-6-3-10-21(24(16)23)22-12-5-11-20(18)25(22)26/h1-13,15H,14H2. The van der Waals surface area contributed by atoms with Gasteiger partial charge in [-0.05, 0) is 59.4 Å². The van der Waals surface area contributed by atoms with Crippen LogP contribution in [-0.2, 0) is 11.2 Å². The predicted molar refractivity (Wildman–Crippen MR) is 115 cm³/mol. The van der Waals surface area contributed by atoms with Crippen LogP contribution in [0, 0.1) is 0 Å². The summed E-state index contributed by atoms with van der Waals surface area (Å²) in [5.74, 6) is 0. The van der Waals surface area contributed by atoms with Crippen molar-refractivity contribution in [3.8, 4) is 0 Å². The molecule has 0 saturated heterocycles. The van der Waals surface area contributed by atoms with Crippen molar-refractivity contribution >= 4 is 60.1 Å². The molecular formula is C26H16O. The van der Waals surface area contributed by atoms with Crippen LogP contribution in [-0.4, -0.2) is 6.29 Å². The van der Waals surface area contributed by atoms with Gasteiger partial charge in [0.05, 0.1) is 0 Å². The number of benzene rings is 6. The van der Waals surface area contributed by atoms with E-state index in [-0.39, 0.29) is 0 Å². The number of hydrogen-bond donors (Lipinski definition) is 0. The van der Waals surface area contributed by atoms with Gasteiger partial charge < -0.3 is 4.79 Å². The maximum atomic E-state index is 11.5. The van der Waals surface area contributed by atoms with E-state index < -0.39 is 0 Å². The Balaban J connectivity index is 2.08. The minimum Gasteiger partial charge on any atom is -0.303 e. The Hall–Kier alpha value is -3.45. The first kappa shape index (κ1) is 14.7. The maximum Gasteiger partial charge on any atom is 0.124 e. The summed E-state index contributed by atoms with van der Waals surface area (Å²) in [6.45, 7) is 0. The van der Waals surface area contributed by atoms with Crippen molar-refractivity contribution in [3.63, 3.8) is 0 Å². The van der Waals surface area contributed by atoms with Gasteiger partial charge in [-0.2, -0.15) is 0 Å². The highest BCUT2D eigenvalue weighted by Crippen LogP contribution is 2.44. The van der Waals surface area contributed by atoms with Crippen LogP contribution in [0.4, 0.5) is 0 Å². The van der Waals surface area contributed by atoms with Crippen LogP contribution in [0.1, 0.15) is 5.56 Å². The number of aldehydes is 1. The molecule has 0 spiro atoms. The van der Waals surface area contributed by atoms with Crippen LogP contribution in [0.5, 0.6) is 0 Å². The van der Waals surface area contributed by atoms with Crippen molar-refractivity contribution in [1.82, 2.24) is 0 Å². The lowest BCUT2D eigenvalue weighted by atomic mass is 9.84. The van der Waals surface area contributed by atoms with E-state index in [2.05, 4.69) is 78.9 Å². The fourth-order valence-corrected chi connectivity index (χ4v) is 4.90. The molecule has 0 aliphatic heterocycles. The molecule has 0 atom stereocenters. The topological polar surface area (TPSA) is 17.1 Å². The molecule has 126 valence electrons. The monoisotopic (exact) mass is 344 g/mol. The van der Waals surface area contributed by atoms with Gasteiger partial charge in [0.2, 0.25) is 0 Å². The third-order valence-electron chi connectivity index (χ3n) is 5.91. The van der Waals surface area contributed by atoms with Gasteiger partial charge >= 0.3 is 0 Å². The number of carbonyl (C=O) groups is 1. The number of fused-ring (bicyclic) bond motifs is 4. The summed E-state index contributed by atoms with van der Waals surface area (Å²) in [4.78, 5) is 11.5. The second-order valence-corrected chi connectivity index (χ2v) is 7.21. The Morgan fingerprint density at radius 2 is 1.04 bits per heavy atom. The molecule has 27 heavy (non-hydrogen) atoms. The normalized spacial score (nSPS) is 12.0. The first-order valence-electron chi connectivity index (χ1n) is 9.31. The van der Waals surface area contributed by atoms with Crippen molar-refractivity contribution in [3.05, 3.63) is 84.4 Å². The van der Waals surface area contributed by atoms with E-state index in [4.69, 9.17) is 0 Å². The number of rotatable bonds is 2. The lowest BCUT2D eigenvalue weighted by Gasteiger charge is -2.18. The van der Waals surface area contributed by atoms with Gasteiger partial charge in [-0.1, -0.05) is 78.9 Å². The molecule has 0 amide bonds. The minimum absolute atomic E-state index is 0.437. The highest BCUT2D eigenvalue weighted by atomic mass is 16.1. The van der Waals surface area contributed by atoms with Crippen LogP contribution in [0.2, 0.25) is 0 Å². The van der Waals surface area contributed by atoms with Crippen LogP contribution in [0.15, 0.2) is 78.9 Å². The van der Waals surface area contributed by atoms with Gasteiger partial charge in [0, 0.05) is 6.42 Å². The first-order valence-corrected chi connectivity index (χ1v) is 9.31. The quantitative estimate of drug-likeness (QED) is 0.196. The predicted octanol–water partition coefficient (Wildman–Crippen LogP) is 6.63. The molecule has 0 aliphatic carbocycles. The molecule has 0 unspecified atom stereocenters. The second-order valence-electron chi connectivity index (χ2n) is 7.21. The lowest BCUT2D eigenvalue weighted by Crippen LogP contribution is -1.95. The highest BCUT2D eigenvalue weighted by Gasteiger charge is 2.17. The Morgan fingerprint density at radius 1 is 0.519 bits per heavy atom. The molecule has 0 N–H and O–H groups in total. The molecule has 0 bridgehead atoms. The number of carbonyl (C=O) groups excluding carboxylic acids is 1. The van der Waals surface area contributed by atoms with Crippen molar-refractivity contribution < 1.29 is 4.79 Å². The van der Waals surface area contributed by atoms with E-state index in [0.29, 0.717) is 6.42 Å². The summed E-state index contributed by atoms with van der Waals surface area (Å²) >= 11 is 0. The fraction of sp³-hybridized carbons (Fsp3) is 0.0385. The molecule has 0 aromatic heterocycles. The molecule has 0 saturated carbocycles. The molecule has 6 rings (SSSR count). The van der Waals surface area contributed by atoms with Crippen LogP contribution in [0.25, 0.3) is 53.9 Å². The van der Waals surface area contributed by atoms with E-state index in [1.54, 1.807) is 0 Å². The largest absolute Gasteiger partial charge is 0.303 e. The van der Waals surface area contributed by atoms with Crippen molar-refractivity contribution in [2.24, 2.45) is 0 Å². The third-order valence-corrected chi connectivity index (χ3v) is 5.91.